The van der Waals surface area contributed by atoms with Gasteiger partial charge in [0.2, 0.25) is 0 Å². The number of hydrogen-bond donors (Lipinski definition) is 0. The maximum absolute atomic E-state index is 12.1. The molecular formula is C18H24O8. The molecule has 0 N–H and O–H groups in total. The third-order valence-corrected chi connectivity index (χ3v) is 5.01. The molecule has 3 atom stereocenters. The number of esters is 4. The van der Waals surface area contributed by atoms with Crippen molar-refractivity contribution >= 4 is 23.9 Å². The highest BCUT2D eigenvalue weighted by Gasteiger charge is 2.60. The molecule has 8 heteroatoms. The first-order valence-corrected chi connectivity index (χ1v) is 8.58. The van der Waals surface area contributed by atoms with E-state index in [1.165, 1.54) is 0 Å². The van der Waals surface area contributed by atoms with Crippen molar-refractivity contribution in [2.75, 3.05) is 13.2 Å². The summed E-state index contributed by atoms with van der Waals surface area (Å²) >= 11 is 0. The maximum Gasteiger partial charge on any atom is 0.330 e. The standard InChI is InChI=1S/C18H24O8/c1-4-13(19)23-9-10-24-14(20)5-6-15(21)25-17(2)8-7-12-11-18(17,3)26-16(12)22/h4,12H,1,5-11H2,2-3H3. The third-order valence-electron chi connectivity index (χ3n) is 5.01. The van der Waals surface area contributed by atoms with Crippen LogP contribution in [0.5, 0.6) is 0 Å². The summed E-state index contributed by atoms with van der Waals surface area (Å²) in [4.78, 5) is 46.3. The van der Waals surface area contributed by atoms with Crippen LogP contribution in [0.1, 0.15) is 46.0 Å². The molecule has 2 fully saturated rings. The number of carbonyl (C=O) groups is 4. The SMILES string of the molecule is C=CC(=O)OCCOC(=O)CCC(=O)OC1(C)CCC2CC1(C)OC2=O. The Morgan fingerprint density at radius 2 is 1.85 bits per heavy atom. The van der Waals surface area contributed by atoms with E-state index in [4.69, 9.17) is 14.2 Å². The van der Waals surface area contributed by atoms with Crippen LogP contribution in [-0.2, 0) is 38.1 Å². The van der Waals surface area contributed by atoms with Crippen molar-refractivity contribution in [2.45, 2.75) is 57.2 Å². The van der Waals surface area contributed by atoms with Crippen molar-refractivity contribution < 1.29 is 38.1 Å². The van der Waals surface area contributed by atoms with Gasteiger partial charge in [-0.05, 0) is 26.7 Å². The van der Waals surface area contributed by atoms with E-state index in [2.05, 4.69) is 11.3 Å². The molecule has 1 heterocycles. The van der Waals surface area contributed by atoms with Gasteiger partial charge in [0.15, 0.2) is 0 Å². The Hall–Kier alpha value is -2.38. The fourth-order valence-electron chi connectivity index (χ4n) is 3.25. The fraction of sp³-hybridized carbons (Fsp3) is 0.667. The van der Waals surface area contributed by atoms with E-state index < -0.39 is 29.1 Å². The van der Waals surface area contributed by atoms with Gasteiger partial charge >= 0.3 is 23.9 Å². The molecule has 0 aromatic heterocycles. The highest BCUT2D eigenvalue weighted by molar-refractivity contribution is 5.81. The second kappa shape index (κ2) is 7.88. The Labute approximate surface area is 151 Å². The van der Waals surface area contributed by atoms with Gasteiger partial charge in [-0.25, -0.2) is 4.79 Å². The smallest absolute Gasteiger partial charge is 0.330 e. The molecule has 1 saturated heterocycles. The van der Waals surface area contributed by atoms with E-state index in [1.807, 2.05) is 0 Å². The van der Waals surface area contributed by atoms with Gasteiger partial charge < -0.3 is 18.9 Å². The molecule has 0 amide bonds. The minimum atomic E-state index is -0.907. The van der Waals surface area contributed by atoms with E-state index in [1.54, 1.807) is 13.8 Å². The molecule has 26 heavy (non-hydrogen) atoms. The minimum absolute atomic E-state index is 0.0794. The molecule has 3 unspecified atom stereocenters. The zero-order valence-electron chi connectivity index (χ0n) is 15.1. The highest BCUT2D eigenvalue weighted by atomic mass is 16.6. The minimum Gasteiger partial charge on any atom is -0.462 e. The average Bonchev–Trinajstić information content (AvgIpc) is 2.85. The van der Waals surface area contributed by atoms with Crippen LogP contribution in [-0.4, -0.2) is 48.3 Å². The largest absolute Gasteiger partial charge is 0.462 e. The molecule has 1 aliphatic carbocycles. The molecule has 0 radical (unpaired) electrons. The van der Waals surface area contributed by atoms with Crippen LogP contribution < -0.4 is 0 Å². The zero-order chi connectivity index (χ0) is 19.4. The Kier molecular flexibility index (Phi) is 6.05. The van der Waals surface area contributed by atoms with Crippen LogP contribution in [0.2, 0.25) is 0 Å². The molecule has 144 valence electrons. The van der Waals surface area contributed by atoms with Gasteiger partial charge in [0, 0.05) is 12.5 Å². The number of rotatable bonds is 8. The first-order valence-electron chi connectivity index (χ1n) is 8.58. The zero-order valence-corrected chi connectivity index (χ0v) is 15.1. The molecule has 0 aromatic carbocycles. The molecule has 2 rings (SSSR count). The number of hydrogen-bond acceptors (Lipinski definition) is 8. The quantitative estimate of drug-likeness (QED) is 0.274. The lowest BCUT2D eigenvalue weighted by molar-refractivity contribution is -0.197. The van der Waals surface area contributed by atoms with E-state index >= 15 is 0 Å². The molecule has 1 saturated carbocycles. The summed E-state index contributed by atoms with van der Waals surface area (Å²) < 4.78 is 20.5. The third kappa shape index (κ3) is 4.42. The number of fused-ring (bicyclic) bond motifs is 2. The van der Waals surface area contributed by atoms with Crippen LogP contribution >= 0.6 is 0 Å². The predicted octanol–water partition coefficient (Wildman–Crippen LogP) is 1.46. The topological polar surface area (TPSA) is 105 Å². The van der Waals surface area contributed by atoms with Gasteiger partial charge in [0.05, 0.1) is 18.8 Å². The maximum atomic E-state index is 12.1. The van der Waals surface area contributed by atoms with Gasteiger partial charge in [0.25, 0.3) is 0 Å². The van der Waals surface area contributed by atoms with Crippen LogP contribution in [0.15, 0.2) is 12.7 Å². The lowest BCUT2D eigenvalue weighted by atomic mass is 9.71. The molecular weight excluding hydrogens is 344 g/mol. The molecule has 2 aliphatic rings. The Balaban J connectivity index is 1.73. The molecule has 0 aromatic rings. The van der Waals surface area contributed by atoms with Crippen LogP contribution in [0, 0.1) is 5.92 Å². The van der Waals surface area contributed by atoms with E-state index in [0.29, 0.717) is 19.3 Å². The highest BCUT2D eigenvalue weighted by Crippen LogP contribution is 2.50. The lowest BCUT2D eigenvalue weighted by Crippen LogP contribution is -2.54. The van der Waals surface area contributed by atoms with E-state index in [9.17, 15) is 19.2 Å². The van der Waals surface area contributed by atoms with Crippen molar-refractivity contribution in [1.82, 2.24) is 0 Å². The second-order valence-corrected chi connectivity index (χ2v) is 6.89. The molecule has 2 bridgehead atoms. The second-order valence-electron chi connectivity index (χ2n) is 6.89. The van der Waals surface area contributed by atoms with Crippen LogP contribution in [0.4, 0.5) is 0 Å². The summed E-state index contributed by atoms with van der Waals surface area (Å²) in [6.45, 7) is 6.59. The first kappa shape index (κ1) is 19.9. The van der Waals surface area contributed by atoms with Crippen molar-refractivity contribution in [3.63, 3.8) is 0 Å². The van der Waals surface area contributed by atoms with Gasteiger partial charge in [0.1, 0.15) is 24.4 Å². The number of carbonyl (C=O) groups excluding carboxylic acids is 4. The van der Waals surface area contributed by atoms with Gasteiger partial charge in [-0.2, -0.15) is 0 Å². The Morgan fingerprint density at radius 1 is 1.19 bits per heavy atom. The molecule has 8 nitrogen and oxygen atoms in total. The van der Waals surface area contributed by atoms with Gasteiger partial charge in [-0.1, -0.05) is 6.58 Å². The Bertz CT molecular complexity index is 612. The summed E-state index contributed by atoms with van der Waals surface area (Å²) in [6.07, 6.45) is 2.39. The number of ether oxygens (including phenoxy) is 4. The van der Waals surface area contributed by atoms with Crippen molar-refractivity contribution in [2.24, 2.45) is 5.92 Å². The Morgan fingerprint density at radius 3 is 2.54 bits per heavy atom. The van der Waals surface area contributed by atoms with Crippen LogP contribution in [0.3, 0.4) is 0 Å². The summed E-state index contributed by atoms with van der Waals surface area (Å²) in [7, 11) is 0. The van der Waals surface area contributed by atoms with Gasteiger partial charge in [-0.15, -0.1) is 0 Å². The molecule has 0 spiro atoms. The van der Waals surface area contributed by atoms with Crippen molar-refractivity contribution in [1.29, 1.82) is 0 Å². The summed E-state index contributed by atoms with van der Waals surface area (Å²) in [5.41, 5.74) is -1.74. The van der Waals surface area contributed by atoms with E-state index in [0.717, 1.165) is 6.08 Å². The van der Waals surface area contributed by atoms with Crippen molar-refractivity contribution in [3.8, 4) is 0 Å². The summed E-state index contributed by atoms with van der Waals surface area (Å²) in [6, 6.07) is 0. The van der Waals surface area contributed by atoms with E-state index in [-0.39, 0.29) is 37.9 Å². The average molecular weight is 368 g/mol. The first-order chi connectivity index (χ1) is 12.2. The lowest BCUT2D eigenvalue weighted by Gasteiger charge is -2.43. The molecule has 1 aliphatic heterocycles. The normalized spacial score (nSPS) is 29.5. The summed E-state index contributed by atoms with van der Waals surface area (Å²) in [5.74, 6) is -2.12. The van der Waals surface area contributed by atoms with Crippen molar-refractivity contribution in [3.05, 3.63) is 12.7 Å². The van der Waals surface area contributed by atoms with Crippen LogP contribution in [0.25, 0.3) is 0 Å². The predicted molar refractivity (Wildman–Crippen MR) is 87.7 cm³/mol. The summed E-state index contributed by atoms with van der Waals surface area (Å²) in [5, 5.41) is 0. The monoisotopic (exact) mass is 368 g/mol. The fourth-order valence-corrected chi connectivity index (χ4v) is 3.25. The van der Waals surface area contributed by atoms with Gasteiger partial charge in [-0.3, -0.25) is 14.4 Å².